The lowest BCUT2D eigenvalue weighted by molar-refractivity contribution is 0.0410. The fourth-order valence-corrected chi connectivity index (χ4v) is 3.67. The van der Waals surface area contributed by atoms with Gasteiger partial charge in [-0.1, -0.05) is 12.1 Å². The SMILES string of the molecule is COCc1n[nH]nc1C(=O)N1CCN(C(=O)c2cccc3cc[nH]c23)[C@@H](C)C1. The molecule has 2 N–H and O–H groups in total. The third-order valence-corrected chi connectivity index (χ3v) is 5.10. The quantitative estimate of drug-likeness (QED) is 0.710. The van der Waals surface area contributed by atoms with E-state index >= 15 is 0 Å². The van der Waals surface area contributed by atoms with Crippen LogP contribution in [0.5, 0.6) is 0 Å². The normalized spacial score (nSPS) is 17.3. The number of aromatic nitrogens is 4. The Kier molecular flexibility index (Phi) is 4.82. The number of nitrogens with zero attached hydrogens (tertiary/aromatic N) is 4. The smallest absolute Gasteiger partial charge is 0.276 e. The van der Waals surface area contributed by atoms with Crippen LogP contribution in [0.4, 0.5) is 0 Å². The maximum Gasteiger partial charge on any atom is 0.276 e. The van der Waals surface area contributed by atoms with E-state index in [0.29, 0.717) is 30.9 Å². The number of benzene rings is 1. The summed E-state index contributed by atoms with van der Waals surface area (Å²) in [6.45, 7) is 3.50. The fourth-order valence-electron chi connectivity index (χ4n) is 3.67. The fraction of sp³-hybridized carbons (Fsp3) is 0.368. The molecule has 3 heterocycles. The van der Waals surface area contributed by atoms with Gasteiger partial charge in [0.15, 0.2) is 5.69 Å². The van der Waals surface area contributed by atoms with Gasteiger partial charge in [-0.25, -0.2) is 0 Å². The minimum Gasteiger partial charge on any atom is -0.378 e. The van der Waals surface area contributed by atoms with Gasteiger partial charge in [0.2, 0.25) is 0 Å². The van der Waals surface area contributed by atoms with Crippen molar-refractivity contribution in [3.8, 4) is 0 Å². The second kappa shape index (κ2) is 7.43. The first-order chi connectivity index (χ1) is 13.6. The number of rotatable bonds is 4. The molecule has 0 aliphatic carbocycles. The van der Waals surface area contributed by atoms with Crippen molar-refractivity contribution in [2.75, 3.05) is 26.7 Å². The highest BCUT2D eigenvalue weighted by atomic mass is 16.5. The van der Waals surface area contributed by atoms with Crippen molar-refractivity contribution < 1.29 is 14.3 Å². The monoisotopic (exact) mass is 382 g/mol. The summed E-state index contributed by atoms with van der Waals surface area (Å²) in [6, 6.07) is 7.51. The van der Waals surface area contributed by atoms with Crippen LogP contribution in [0.2, 0.25) is 0 Å². The molecule has 1 saturated heterocycles. The molecule has 0 bridgehead atoms. The van der Waals surface area contributed by atoms with E-state index in [-0.39, 0.29) is 30.2 Å². The number of hydrogen-bond donors (Lipinski definition) is 2. The number of piperazine rings is 1. The molecule has 0 saturated carbocycles. The van der Waals surface area contributed by atoms with Crippen LogP contribution in [0.25, 0.3) is 10.9 Å². The summed E-state index contributed by atoms with van der Waals surface area (Å²) in [5, 5.41) is 11.4. The standard InChI is InChI=1S/C19H22N6O3/c1-12-10-24(19(27)17-15(11-28-2)21-23-22-17)8-9-25(12)18(26)14-5-3-4-13-6-7-20-16(13)14/h3-7,12,20H,8-11H2,1-2H3,(H,21,22,23)/t12-/m0/s1. The lowest BCUT2D eigenvalue weighted by atomic mass is 10.1. The summed E-state index contributed by atoms with van der Waals surface area (Å²) in [4.78, 5) is 32.6. The first-order valence-electron chi connectivity index (χ1n) is 9.15. The van der Waals surface area contributed by atoms with Gasteiger partial charge in [-0.3, -0.25) is 9.59 Å². The van der Waals surface area contributed by atoms with Crippen LogP contribution in [-0.2, 0) is 11.3 Å². The molecule has 146 valence electrons. The molecule has 0 spiro atoms. The van der Waals surface area contributed by atoms with Crippen molar-refractivity contribution in [3.63, 3.8) is 0 Å². The van der Waals surface area contributed by atoms with Gasteiger partial charge in [-0.15, -0.1) is 0 Å². The number of para-hydroxylation sites is 1. The van der Waals surface area contributed by atoms with E-state index in [1.807, 2.05) is 42.3 Å². The van der Waals surface area contributed by atoms with Gasteiger partial charge in [0.25, 0.3) is 11.8 Å². The van der Waals surface area contributed by atoms with Gasteiger partial charge in [-0.2, -0.15) is 15.4 Å². The van der Waals surface area contributed by atoms with E-state index in [4.69, 9.17) is 4.74 Å². The Morgan fingerprint density at radius 1 is 1.21 bits per heavy atom. The van der Waals surface area contributed by atoms with Crippen LogP contribution < -0.4 is 0 Å². The van der Waals surface area contributed by atoms with Crippen LogP contribution in [0.3, 0.4) is 0 Å². The van der Waals surface area contributed by atoms with Gasteiger partial charge < -0.3 is 19.5 Å². The predicted octanol–water partition coefficient (Wildman–Crippen LogP) is 1.42. The van der Waals surface area contributed by atoms with Gasteiger partial charge >= 0.3 is 0 Å². The first-order valence-corrected chi connectivity index (χ1v) is 9.15. The number of methoxy groups -OCH3 is 1. The lowest BCUT2D eigenvalue weighted by Gasteiger charge is -2.39. The molecule has 28 heavy (non-hydrogen) atoms. The highest BCUT2D eigenvalue weighted by Gasteiger charge is 2.33. The second-order valence-corrected chi connectivity index (χ2v) is 6.90. The van der Waals surface area contributed by atoms with E-state index in [1.54, 1.807) is 12.0 Å². The molecule has 2 amide bonds. The molecule has 1 aliphatic heterocycles. The summed E-state index contributed by atoms with van der Waals surface area (Å²) in [6.07, 6.45) is 1.83. The van der Waals surface area contributed by atoms with E-state index in [0.717, 1.165) is 10.9 Å². The summed E-state index contributed by atoms with van der Waals surface area (Å²) in [7, 11) is 1.54. The lowest BCUT2D eigenvalue weighted by Crippen LogP contribution is -2.55. The summed E-state index contributed by atoms with van der Waals surface area (Å²) in [5.74, 6) is -0.236. The number of fused-ring (bicyclic) bond motifs is 1. The molecule has 3 aromatic rings. The molecule has 2 aromatic heterocycles. The van der Waals surface area contributed by atoms with Crippen LogP contribution >= 0.6 is 0 Å². The van der Waals surface area contributed by atoms with Gasteiger partial charge in [0, 0.05) is 44.4 Å². The Morgan fingerprint density at radius 2 is 2.07 bits per heavy atom. The number of carbonyl (C=O) groups excluding carboxylic acids is 2. The zero-order valence-corrected chi connectivity index (χ0v) is 15.8. The zero-order chi connectivity index (χ0) is 19.7. The summed E-state index contributed by atoms with van der Waals surface area (Å²) < 4.78 is 5.06. The molecule has 1 atom stereocenters. The van der Waals surface area contributed by atoms with Crippen LogP contribution in [0.1, 0.15) is 33.5 Å². The maximum absolute atomic E-state index is 13.1. The number of hydrogen-bond acceptors (Lipinski definition) is 5. The van der Waals surface area contributed by atoms with Crippen LogP contribution in [0, 0.1) is 0 Å². The number of ether oxygens (including phenoxy) is 1. The van der Waals surface area contributed by atoms with Crippen molar-refractivity contribution in [2.24, 2.45) is 0 Å². The molecule has 1 fully saturated rings. The number of nitrogens with one attached hydrogen (secondary N) is 2. The number of amides is 2. The van der Waals surface area contributed by atoms with E-state index in [2.05, 4.69) is 20.4 Å². The number of H-pyrrole nitrogens is 2. The molecule has 0 radical (unpaired) electrons. The highest BCUT2D eigenvalue weighted by Crippen LogP contribution is 2.22. The molecular formula is C19H22N6O3. The summed E-state index contributed by atoms with van der Waals surface area (Å²) >= 11 is 0. The van der Waals surface area contributed by atoms with Crippen molar-refractivity contribution in [3.05, 3.63) is 47.4 Å². The van der Waals surface area contributed by atoms with Gasteiger partial charge in [0.05, 0.1) is 17.7 Å². The average Bonchev–Trinajstić information content (AvgIpc) is 3.36. The number of carbonyl (C=O) groups is 2. The first kappa shape index (κ1) is 18.2. The molecule has 1 aromatic carbocycles. The minimum absolute atomic E-state index is 0.0332. The second-order valence-electron chi connectivity index (χ2n) is 6.90. The Bertz CT molecular complexity index is 1010. The molecule has 9 nitrogen and oxygen atoms in total. The molecular weight excluding hydrogens is 360 g/mol. The largest absolute Gasteiger partial charge is 0.378 e. The molecule has 0 unspecified atom stereocenters. The van der Waals surface area contributed by atoms with Crippen molar-refractivity contribution in [2.45, 2.75) is 19.6 Å². The van der Waals surface area contributed by atoms with Crippen LogP contribution in [0.15, 0.2) is 30.5 Å². The van der Waals surface area contributed by atoms with E-state index < -0.39 is 0 Å². The number of aromatic amines is 2. The highest BCUT2D eigenvalue weighted by molar-refractivity contribution is 6.06. The predicted molar refractivity (Wildman–Crippen MR) is 102 cm³/mol. The third-order valence-electron chi connectivity index (χ3n) is 5.10. The molecule has 4 rings (SSSR count). The van der Waals surface area contributed by atoms with Crippen molar-refractivity contribution >= 4 is 22.7 Å². The van der Waals surface area contributed by atoms with E-state index in [9.17, 15) is 9.59 Å². The Morgan fingerprint density at radius 3 is 2.86 bits per heavy atom. The van der Waals surface area contributed by atoms with E-state index in [1.165, 1.54) is 0 Å². The summed E-state index contributed by atoms with van der Waals surface area (Å²) in [5.41, 5.74) is 2.24. The van der Waals surface area contributed by atoms with Crippen molar-refractivity contribution in [1.82, 2.24) is 30.2 Å². The Balaban J connectivity index is 1.49. The molecule has 9 heteroatoms. The molecule has 1 aliphatic rings. The minimum atomic E-state index is -0.203. The topological polar surface area (TPSA) is 107 Å². The van der Waals surface area contributed by atoms with Crippen LogP contribution in [-0.4, -0.2) is 74.8 Å². The third kappa shape index (κ3) is 3.13. The zero-order valence-electron chi connectivity index (χ0n) is 15.8. The average molecular weight is 382 g/mol. The maximum atomic E-state index is 13.1. The Labute approximate surface area is 161 Å². The van der Waals surface area contributed by atoms with Gasteiger partial charge in [-0.05, 0) is 19.1 Å². The Hall–Kier alpha value is -3.20. The van der Waals surface area contributed by atoms with Crippen molar-refractivity contribution in [1.29, 1.82) is 0 Å². The van der Waals surface area contributed by atoms with Gasteiger partial charge in [0.1, 0.15) is 5.69 Å².